The number of imidazole rings is 1. The van der Waals surface area contributed by atoms with Crippen molar-refractivity contribution < 1.29 is 14.2 Å². The van der Waals surface area contributed by atoms with Gasteiger partial charge in [-0.2, -0.15) is 0 Å². The highest BCUT2D eigenvalue weighted by Crippen LogP contribution is 2.45. The van der Waals surface area contributed by atoms with Gasteiger partial charge >= 0.3 is 0 Å². The second kappa shape index (κ2) is 8.87. The third-order valence-electron chi connectivity index (χ3n) is 5.53. The van der Waals surface area contributed by atoms with E-state index in [2.05, 4.69) is 33.7 Å². The first-order chi connectivity index (χ1) is 16.7. The number of nitrogens with two attached hydrogens (primary N) is 1. The van der Waals surface area contributed by atoms with Gasteiger partial charge in [0.15, 0.2) is 23.3 Å². The highest BCUT2D eigenvalue weighted by atomic mass is 32.1. The summed E-state index contributed by atoms with van der Waals surface area (Å²) >= 11 is 1.66. The van der Waals surface area contributed by atoms with E-state index < -0.39 is 5.54 Å². The summed E-state index contributed by atoms with van der Waals surface area (Å²) in [7, 11) is 1.63. The molecular formula is C26H27N5O3S. The van der Waals surface area contributed by atoms with Crippen molar-refractivity contribution in [2.75, 3.05) is 13.7 Å². The van der Waals surface area contributed by atoms with Gasteiger partial charge in [-0.05, 0) is 51.5 Å². The van der Waals surface area contributed by atoms with Crippen LogP contribution < -0.4 is 19.9 Å². The maximum absolute atomic E-state index is 6.30. The van der Waals surface area contributed by atoms with Gasteiger partial charge in [-0.1, -0.05) is 11.8 Å². The molecule has 2 N–H and O–H groups in total. The molecule has 0 radical (unpaired) electrons. The first kappa shape index (κ1) is 23.1. The van der Waals surface area contributed by atoms with Gasteiger partial charge in [0, 0.05) is 16.6 Å². The summed E-state index contributed by atoms with van der Waals surface area (Å²) < 4.78 is 20.0. The second-order valence-corrected chi connectivity index (χ2v) is 10.5. The fraction of sp³-hybridized carbons (Fsp3) is 0.346. The van der Waals surface area contributed by atoms with Crippen LogP contribution in [0.15, 0.2) is 30.7 Å². The molecule has 0 saturated heterocycles. The van der Waals surface area contributed by atoms with Gasteiger partial charge in [0.25, 0.3) is 0 Å². The van der Waals surface area contributed by atoms with E-state index in [4.69, 9.17) is 19.9 Å². The van der Waals surface area contributed by atoms with Gasteiger partial charge in [-0.3, -0.25) is 0 Å². The van der Waals surface area contributed by atoms with Crippen LogP contribution in [0.25, 0.3) is 11.2 Å². The van der Waals surface area contributed by atoms with Gasteiger partial charge in [0.05, 0.1) is 36.2 Å². The number of benzene rings is 1. The van der Waals surface area contributed by atoms with Gasteiger partial charge in [-0.25, -0.2) is 15.0 Å². The third kappa shape index (κ3) is 4.81. The Morgan fingerprint density at radius 3 is 2.80 bits per heavy atom. The summed E-state index contributed by atoms with van der Waals surface area (Å²) in [6, 6.07) is 5.85. The standard InChI is InChI=1S/C26H27N5O3S/c1-15-23(30-16(2)35-15)22-13-33-21-10-18(9-20(32-5)24(21)34-22)12-31-14-29-19-8-17(11-28-25(19)31)6-7-26(3,4)27/h8-11,14,22H,12-13,27H2,1-5H3. The number of aryl methyl sites for hydroxylation is 2. The summed E-state index contributed by atoms with van der Waals surface area (Å²) in [6.07, 6.45) is 3.25. The SMILES string of the molecule is COc1cc(Cn2cnc3cc(C#CC(C)(C)N)cnc32)cc2c1OC(c1nc(C)sc1C)CO2. The van der Waals surface area contributed by atoms with Crippen LogP contribution in [0.1, 0.15) is 46.7 Å². The van der Waals surface area contributed by atoms with E-state index in [0.717, 1.165) is 37.9 Å². The van der Waals surface area contributed by atoms with Gasteiger partial charge in [0.1, 0.15) is 12.1 Å². The zero-order valence-electron chi connectivity index (χ0n) is 20.4. The predicted octanol–water partition coefficient (Wildman–Crippen LogP) is 4.16. The Hall–Kier alpha value is -3.61. The molecule has 3 aromatic heterocycles. The van der Waals surface area contributed by atoms with Gasteiger partial charge < -0.3 is 24.5 Å². The number of hydrogen-bond acceptors (Lipinski definition) is 8. The molecule has 1 aromatic carbocycles. The number of hydrogen-bond donors (Lipinski definition) is 1. The minimum Gasteiger partial charge on any atom is -0.493 e. The van der Waals surface area contributed by atoms with E-state index in [-0.39, 0.29) is 6.10 Å². The number of nitrogens with zero attached hydrogens (tertiary/aromatic N) is 4. The van der Waals surface area contributed by atoms with Crippen molar-refractivity contribution in [2.45, 2.75) is 45.9 Å². The molecule has 1 unspecified atom stereocenters. The summed E-state index contributed by atoms with van der Waals surface area (Å²) in [4.78, 5) is 14.9. The highest BCUT2D eigenvalue weighted by molar-refractivity contribution is 7.11. The lowest BCUT2D eigenvalue weighted by molar-refractivity contribution is 0.0840. The van der Waals surface area contributed by atoms with Crippen LogP contribution in [0.2, 0.25) is 0 Å². The summed E-state index contributed by atoms with van der Waals surface area (Å²) in [5.41, 5.74) is 9.61. The van der Waals surface area contributed by atoms with Crippen LogP contribution in [0.4, 0.5) is 0 Å². The molecule has 0 aliphatic carbocycles. The molecule has 180 valence electrons. The number of aromatic nitrogens is 4. The molecule has 1 aliphatic rings. The van der Waals surface area contributed by atoms with Crippen LogP contribution in [0, 0.1) is 25.7 Å². The van der Waals surface area contributed by atoms with E-state index in [9.17, 15) is 0 Å². The van der Waals surface area contributed by atoms with Crippen molar-refractivity contribution in [3.8, 4) is 29.1 Å². The number of methoxy groups -OCH3 is 1. The number of pyridine rings is 1. The van der Waals surface area contributed by atoms with E-state index >= 15 is 0 Å². The molecule has 5 rings (SSSR count). The lowest BCUT2D eigenvalue weighted by atomic mass is 10.1. The molecule has 1 atom stereocenters. The minimum atomic E-state index is -0.566. The van der Waals surface area contributed by atoms with Crippen LogP contribution in [-0.4, -0.2) is 38.8 Å². The monoisotopic (exact) mass is 489 g/mol. The Balaban J connectivity index is 1.41. The first-order valence-corrected chi connectivity index (χ1v) is 12.1. The fourth-order valence-corrected chi connectivity index (χ4v) is 4.85. The lowest BCUT2D eigenvalue weighted by Gasteiger charge is -2.27. The van der Waals surface area contributed by atoms with Gasteiger partial charge in [-0.15, -0.1) is 11.3 Å². The molecule has 0 fully saturated rings. The summed E-state index contributed by atoms with van der Waals surface area (Å²) in [6.45, 7) is 8.72. The Bertz CT molecular complexity index is 1450. The largest absolute Gasteiger partial charge is 0.493 e. The molecule has 0 saturated carbocycles. The van der Waals surface area contributed by atoms with Crippen molar-refractivity contribution in [3.63, 3.8) is 0 Å². The molecule has 0 amide bonds. The van der Waals surface area contributed by atoms with Crippen LogP contribution in [0.3, 0.4) is 0 Å². The Morgan fingerprint density at radius 2 is 2.09 bits per heavy atom. The molecule has 4 aromatic rings. The molecule has 8 nitrogen and oxygen atoms in total. The topological polar surface area (TPSA) is 97.3 Å². The third-order valence-corrected chi connectivity index (χ3v) is 6.43. The number of thiazole rings is 1. The number of ether oxygens (including phenoxy) is 3. The number of fused-ring (bicyclic) bond motifs is 2. The predicted molar refractivity (Wildman–Crippen MR) is 135 cm³/mol. The average Bonchev–Trinajstić information content (AvgIpc) is 3.37. The van der Waals surface area contributed by atoms with E-state index in [0.29, 0.717) is 30.4 Å². The van der Waals surface area contributed by atoms with Crippen LogP contribution in [-0.2, 0) is 6.54 Å². The minimum absolute atomic E-state index is 0.267. The zero-order chi connectivity index (χ0) is 24.7. The van der Waals surface area contributed by atoms with E-state index in [1.165, 1.54) is 0 Å². The van der Waals surface area contributed by atoms with Crippen LogP contribution >= 0.6 is 11.3 Å². The van der Waals surface area contributed by atoms with Crippen LogP contribution in [0.5, 0.6) is 17.2 Å². The Labute approximate surface area is 208 Å². The molecule has 0 spiro atoms. The zero-order valence-corrected chi connectivity index (χ0v) is 21.2. The maximum atomic E-state index is 6.30. The smallest absolute Gasteiger partial charge is 0.204 e. The van der Waals surface area contributed by atoms with Crippen molar-refractivity contribution in [2.24, 2.45) is 5.73 Å². The lowest BCUT2D eigenvalue weighted by Crippen LogP contribution is -2.29. The molecule has 4 heterocycles. The highest BCUT2D eigenvalue weighted by Gasteiger charge is 2.29. The summed E-state index contributed by atoms with van der Waals surface area (Å²) in [5, 5.41) is 1.01. The van der Waals surface area contributed by atoms with Gasteiger partial charge in [0.2, 0.25) is 5.75 Å². The molecular weight excluding hydrogens is 462 g/mol. The van der Waals surface area contributed by atoms with E-state index in [1.807, 2.05) is 43.5 Å². The quantitative estimate of drug-likeness (QED) is 0.430. The molecule has 35 heavy (non-hydrogen) atoms. The number of rotatable bonds is 4. The second-order valence-electron chi connectivity index (χ2n) is 9.13. The normalized spacial score (nSPS) is 15.1. The Morgan fingerprint density at radius 1 is 1.26 bits per heavy atom. The van der Waals surface area contributed by atoms with E-state index in [1.54, 1.807) is 31.0 Å². The molecule has 9 heteroatoms. The molecule has 1 aliphatic heterocycles. The van der Waals surface area contributed by atoms with Crippen molar-refractivity contribution in [1.29, 1.82) is 0 Å². The average molecular weight is 490 g/mol. The fourth-order valence-electron chi connectivity index (χ4n) is 3.98. The van der Waals surface area contributed by atoms with Crippen molar-refractivity contribution >= 4 is 22.5 Å². The Kier molecular flexibility index (Phi) is 5.87. The first-order valence-electron chi connectivity index (χ1n) is 11.3. The summed E-state index contributed by atoms with van der Waals surface area (Å²) in [5.74, 6) is 7.95. The van der Waals surface area contributed by atoms with Crippen molar-refractivity contribution in [1.82, 2.24) is 19.5 Å². The molecule has 0 bridgehead atoms. The van der Waals surface area contributed by atoms with Crippen molar-refractivity contribution in [3.05, 3.63) is 57.4 Å². The maximum Gasteiger partial charge on any atom is 0.204 e.